The highest BCUT2D eigenvalue weighted by Crippen LogP contribution is 2.19. The zero-order valence-corrected chi connectivity index (χ0v) is 15.9. The number of hydrogen-bond acceptors (Lipinski definition) is 4. The van der Waals surface area contributed by atoms with E-state index in [1.807, 2.05) is 27.7 Å². The van der Waals surface area contributed by atoms with Crippen molar-refractivity contribution in [2.24, 2.45) is 5.41 Å². The zero-order valence-electron chi connectivity index (χ0n) is 15.1. The van der Waals surface area contributed by atoms with Crippen molar-refractivity contribution >= 4 is 15.9 Å². The number of benzene rings is 1. The Morgan fingerprint density at radius 3 is 2.21 bits per heavy atom. The fourth-order valence-corrected chi connectivity index (χ4v) is 3.38. The summed E-state index contributed by atoms with van der Waals surface area (Å²) in [6.45, 7) is 10.6. The van der Waals surface area contributed by atoms with Crippen LogP contribution in [-0.2, 0) is 14.8 Å². The topological polar surface area (TPSA) is 75.7 Å². The number of likely N-dealkylation sites (N-methyl/N-ethyl adjacent to an activating group) is 1. The highest BCUT2D eigenvalue weighted by Gasteiger charge is 2.25. The molecule has 1 aromatic rings. The van der Waals surface area contributed by atoms with Gasteiger partial charge in [0.15, 0.2) is 0 Å². The Balaban J connectivity index is 2.83. The number of rotatable bonds is 8. The van der Waals surface area contributed by atoms with Gasteiger partial charge in [-0.1, -0.05) is 27.7 Å². The number of nitrogens with zero attached hydrogens (tertiary/aromatic N) is 1. The summed E-state index contributed by atoms with van der Waals surface area (Å²) >= 11 is 0. The molecule has 0 unspecified atom stereocenters. The average Bonchev–Trinajstić information content (AvgIpc) is 2.50. The van der Waals surface area contributed by atoms with E-state index in [4.69, 9.17) is 4.74 Å². The van der Waals surface area contributed by atoms with E-state index in [9.17, 15) is 13.2 Å². The first-order valence-electron chi connectivity index (χ1n) is 8.10. The van der Waals surface area contributed by atoms with Gasteiger partial charge in [0.25, 0.3) is 0 Å². The smallest absolute Gasteiger partial charge is 0.243 e. The van der Waals surface area contributed by atoms with Gasteiger partial charge in [-0.3, -0.25) is 4.79 Å². The number of nitrogens with one attached hydrogen (secondary N) is 1. The first-order valence-corrected chi connectivity index (χ1v) is 9.54. The second-order valence-electron chi connectivity index (χ2n) is 6.67. The van der Waals surface area contributed by atoms with E-state index in [0.29, 0.717) is 18.9 Å². The Morgan fingerprint density at radius 1 is 1.17 bits per heavy atom. The third-order valence-electron chi connectivity index (χ3n) is 3.26. The lowest BCUT2D eigenvalue weighted by molar-refractivity contribution is -0.121. The molecule has 1 amide bonds. The molecule has 1 N–H and O–H groups in total. The van der Waals surface area contributed by atoms with Crippen molar-refractivity contribution in [2.45, 2.75) is 39.5 Å². The molecule has 0 saturated heterocycles. The SMILES string of the molecule is CCOc1ccc(S(=O)(=O)N(CC)CC(=O)NCC(C)(C)C)cc1. The van der Waals surface area contributed by atoms with Crippen LogP contribution in [0.3, 0.4) is 0 Å². The lowest BCUT2D eigenvalue weighted by Gasteiger charge is -2.22. The minimum atomic E-state index is -3.71. The molecule has 0 radical (unpaired) electrons. The maximum absolute atomic E-state index is 12.7. The Bertz CT molecular complexity index is 634. The predicted octanol–water partition coefficient (Wildman–Crippen LogP) is 2.26. The van der Waals surface area contributed by atoms with E-state index < -0.39 is 10.0 Å². The molecule has 0 aliphatic heterocycles. The molecule has 0 aliphatic rings. The highest BCUT2D eigenvalue weighted by atomic mass is 32.2. The van der Waals surface area contributed by atoms with Crippen LogP contribution in [0.2, 0.25) is 0 Å². The number of ether oxygens (including phenoxy) is 1. The molecule has 0 aliphatic carbocycles. The first kappa shape index (κ1) is 20.4. The van der Waals surface area contributed by atoms with Crippen molar-refractivity contribution in [1.29, 1.82) is 0 Å². The maximum atomic E-state index is 12.7. The van der Waals surface area contributed by atoms with Gasteiger partial charge in [-0.15, -0.1) is 0 Å². The van der Waals surface area contributed by atoms with Crippen LogP contribution < -0.4 is 10.1 Å². The summed E-state index contributed by atoms with van der Waals surface area (Å²) in [4.78, 5) is 12.2. The quantitative estimate of drug-likeness (QED) is 0.775. The van der Waals surface area contributed by atoms with Gasteiger partial charge in [-0.2, -0.15) is 4.31 Å². The van der Waals surface area contributed by atoms with Crippen LogP contribution in [0, 0.1) is 5.41 Å². The van der Waals surface area contributed by atoms with E-state index >= 15 is 0 Å². The van der Waals surface area contributed by atoms with Crippen molar-refractivity contribution in [3.63, 3.8) is 0 Å². The van der Waals surface area contributed by atoms with E-state index in [2.05, 4.69) is 5.32 Å². The van der Waals surface area contributed by atoms with Crippen molar-refractivity contribution in [3.05, 3.63) is 24.3 Å². The molecule has 0 heterocycles. The van der Waals surface area contributed by atoms with Crippen molar-refractivity contribution in [2.75, 3.05) is 26.2 Å². The van der Waals surface area contributed by atoms with Crippen LogP contribution in [0.1, 0.15) is 34.6 Å². The maximum Gasteiger partial charge on any atom is 0.243 e. The first-order chi connectivity index (χ1) is 11.1. The second-order valence-corrected chi connectivity index (χ2v) is 8.61. The summed E-state index contributed by atoms with van der Waals surface area (Å²) in [7, 11) is -3.71. The monoisotopic (exact) mass is 356 g/mol. The average molecular weight is 356 g/mol. The van der Waals surface area contributed by atoms with E-state index in [-0.39, 0.29) is 29.3 Å². The van der Waals surface area contributed by atoms with Crippen LogP contribution in [-0.4, -0.2) is 44.9 Å². The molecule has 7 heteroatoms. The van der Waals surface area contributed by atoms with Gasteiger partial charge in [-0.25, -0.2) is 8.42 Å². The fourth-order valence-electron chi connectivity index (χ4n) is 1.97. The number of hydrogen-bond donors (Lipinski definition) is 1. The molecular formula is C17H28N2O4S. The number of carbonyl (C=O) groups is 1. The fraction of sp³-hybridized carbons (Fsp3) is 0.588. The van der Waals surface area contributed by atoms with E-state index in [1.165, 1.54) is 16.4 Å². The minimum Gasteiger partial charge on any atom is -0.494 e. The zero-order chi connectivity index (χ0) is 18.4. The normalized spacial score (nSPS) is 12.2. The van der Waals surface area contributed by atoms with Crippen LogP contribution >= 0.6 is 0 Å². The summed E-state index contributed by atoms with van der Waals surface area (Å²) in [5.74, 6) is 0.309. The molecule has 0 aromatic heterocycles. The Labute approximate surface area is 145 Å². The molecule has 136 valence electrons. The van der Waals surface area contributed by atoms with Gasteiger partial charge in [0.1, 0.15) is 5.75 Å². The van der Waals surface area contributed by atoms with Gasteiger partial charge in [0, 0.05) is 13.1 Å². The molecule has 0 spiro atoms. The largest absolute Gasteiger partial charge is 0.494 e. The van der Waals surface area contributed by atoms with Gasteiger partial charge in [0.2, 0.25) is 15.9 Å². The standard InChI is InChI=1S/C17H28N2O4S/c1-6-19(12-16(20)18-13-17(3,4)5)24(21,22)15-10-8-14(9-11-15)23-7-2/h8-11H,6-7,12-13H2,1-5H3,(H,18,20). The number of carbonyl (C=O) groups excluding carboxylic acids is 1. The van der Waals surface area contributed by atoms with Gasteiger partial charge >= 0.3 is 0 Å². The molecule has 0 saturated carbocycles. The van der Waals surface area contributed by atoms with E-state index in [0.717, 1.165) is 0 Å². The van der Waals surface area contributed by atoms with Crippen LogP contribution in [0.5, 0.6) is 5.75 Å². The van der Waals surface area contributed by atoms with E-state index in [1.54, 1.807) is 19.1 Å². The molecule has 1 aromatic carbocycles. The molecule has 1 rings (SSSR count). The van der Waals surface area contributed by atoms with Gasteiger partial charge < -0.3 is 10.1 Å². The second kappa shape index (κ2) is 8.48. The predicted molar refractivity (Wildman–Crippen MR) is 94.5 cm³/mol. The lowest BCUT2D eigenvalue weighted by atomic mass is 9.97. The molecule has 0 fully saturated rings. The summed E-state index contributed by atoms with van der Waals surface area (Å²) < 4.78 is 31.8. The molecule has 6 nitrogen and oxygen atoms in total. The molecular weight excluding hydrogens is 328 g/mol. The van der Waals surface area contributed by atoms with Gasteiger partial charge in [-0.05, 0) is 36.6 Å². The molecule has 0 bridgehead atoms. The van der Waals surface area contributed by atoms with Crippen LogP contribution in [0.25, 0.3) is 0 Å². The highest BCUT2D eigenvalue weighted by molar-refractivity contribution is 7.89. The number of sulfonamides is 1. The summed E-state index contributed by atoms with van der Waals surface area (Å²) in [5, 5.41) is 2.77. The van der Waals surface area contributed by atoms with Crippen LogP contribution in [0.4, 0.5) is 0 Å². The molecule has 0 atom stereocenters. The Kier molecular flexibility index (Phi) is 7.23. The van der Waals surface area contributed by atoms with Crippen LogP contribution in [0.15, 0.2) is 29.2 Å². The molecule has 24 heavy (non-hydrogen) atoms. The van der Waals surface area contributed by atoms with Crippen molar-refractivity contribution < 1.29 is 17.9 Å². The van der Waals surface area contributed by atoms with Crippen molar-refractivity contribution in [1.82, 2.24) is 9.62 Å². The van der Waals surface area contributed by atoms with Crippen molar-refractivity contribution in [3.8, 4) is 5.75 Å². The third-order valence-corrected chi connectivity index (χ3v) is 5.20. The number of amides is 1. The Hall–Kier alpha value is -1.60. The summed E-state index contributed by atoms with van der Waals surface area (Å²) in [6.07, 6.45) is 0. The summed E-state index contributed by atoms with van der Waals surface area (Å²) in [5.41, 5.74) is -0.0549. The summed E-state index contributed by atoms with van der Waals surface area (Å²) in [6, 6.07) is 6.22. The Morgan fingerprint density at radius 2 is 1.75 bits per heavy atom. The van der Waals surface area contributed by atoms with Gasteiger partial charge in [0.05, 0.1) is 18.0 Å². The third kappa shape index (κ3) is 6.13. The minimum absolute atomic E-state index is 0.0549. The lowest BCUT2D eigenvalue weighted by Crippen LogP contribution is -2.42.